The van der Waals surface area contributed by atoms with Gasteiger partial charge >= 0.3 is 0 Å². The van der Waals surface area contributed by atoms with E-state index in [-0.39, 0.29) is 31.0 Å². The van der Waals surface area contributed by atoms with Crippen molar-refractivity contribution in [3.63, 3.8) is 0 Å². The predicted molar refractivity (Wildman–Crippen MR) is 95.1 cm³/mol. The van der Waals surface area contributed by atoms with Crippen LogP contribution in [0.4, 0.5) is 5.13 Å². The normalized spacial score (nSPS) is 16.9. The third-order valence-corrected chi connectivity index (χ3v) is 5.09. The number of thiazole rings is 1. The summed E-state index contributed by atoms with van der Waals surface area (Å²) in [7, 11) is 0. The van der Waals surface area contributed by atoms with Crippen molar-refractivity contribution in [3.8, 4) is 22.8 Å². The van der Waals surface area contributed by atoms with Gasteiger partial charge in [0.1, 0.15) is 0 Å². The third kappa shape index (κ3) is 3.19. The van der Waals surface area contributed by atoms with Crippen molar-refractivity contribution in [2.75, 3.05) is 25.2 Å². The smallest absolute Gasteiger partial charge is 0.231 e. The molecule has 8 heteroatoms. The van der Waals surface area contributed by atoms with Gasteiger partial charge in [-0.05, 0) is 37.2 Å². The van der Waals surface area contributed by atoms with Gasteiger partial charge in [0, 0.05) is 16.9 Å². The second-order valence-corrected chi connectivity index (χ2v) is 6.66. The average molecular weight is 368 g/mol. The van der Waals surface area contributed by atoms with Gasteiger partial charge in [-0.15, -0.1) is 23.7 Å². The number of halogens is 1. The Kier molecular flexibility index (Phi) is 4.93. The van der Waals surface area contributed by atoms with Crippen LogP contribution in [0.1, 0.15) is 6.92 Å². The molecule has 0 saturated carbocycles. The van der Waals surface area contributed by atoms with Gasteiger partial charge in [0.05, 0.1) is 5.69 Å². The summed E-state index contributed by atoms with van der Waals surface area (Å²) in [5.41, 5.74) is 1.77. The van der Waals surface area contributed by atoms with Crippen LogP contribution in [0.3, 0.4) is 0 Å². The number of nitrogens with zero attached hydrogens (tertiary/aromatic N) is 1. The fourth-order valence-corrected chi connectivity index (χ4v) is 3.34. The highest BCUT2D eigenvalue weighted by Gasteiger charge is 2.29. The Hall–Kier alpha value is -1.83. The van der Waals surface area contributed by atoms with Crippen LogP contribution in [0, 0.1) is 11.8 Å². The van der Waals surface area contributed by atoms with E-state index in [4.69, 9.17) is 9.47 Å². The molecule has 2 aliphatic rings. The molecule has 0 bridgehead atoms. The van der Waals surface area contributed by atoms with Crippen LogP contribution in [0.2, 0.25) is 0 Å². The Morgan fingerprint density at radius 1 is 1.38 bits per heavy atom. The second-order valence-electron chi connectivity index (χ2n) is 5.80. The first-order chi connectivity index (χ1) is 11.2. The number of nitrogens with one attached hydrogen (secondary N) is 2. The maximum absolute atomic E-state index is 12.2. The molecule has 2 N–H and O–H groups in total. The number of ether oxygens (including phenoxy) is 2. The van der Waals surface area contributed by atoms with Gasteiger partial charge in [0.2, 0.25) is 12.7 Å². The van der Waals surface area contributed by atoms with Crippen molar-refractivity contribution in [2.45, 2.75) is 6.92 Å². The number of rotatable bonds is 4. The molecule has 1 fully saturated rings. The Morgan fingerprint density at radius 3 is 2.92 bits per heavy atom. The summed E-state index contributed by atoms with van der Waals surface area (Å²) in [6, 6.07) is 5.73. The number of carbonyl (C=O) groups is 1. The van der Waals surface area contributed by atoms with Crippen LogP contribution in [0.15, 0.2) is 23.6 Å². The first-order valence-corrected chi connectivity index (χ1v) is 8.46. The summed E-state index contributed by atoms with van der Waals surface area (Å²) < 4.78 is 10.7. The molecule has 1 aromatic carbocycles. The lowest BCUT2D eigenvalue weighted by Crippen LogP contribution is -2.48. The summed E-state index contributed by atoms with van der Waals surface area (Å²) in [5, 5.41) is 8.67. The molecule has 1 unspecified atom stereocenters. The van der Waals surface area contributed by atoms with Gasteiger partial charge in [-0.1, -0.05) is 6.92 Å². The minimum atomic E-state index is -0.00542. The standard InChI is InChI=1S/C16H17N3O3S.ClH/c1-9(11-5-17-6-11)15(20)19-16-18-12(7-23-16)10-2-3-13-14(4-10)22-8-21-13;/h2-4,7,9,11,17H,5-6,8H2,1H3,(H,18,19,20);1H. The fourth-order valence-electron chi connectivity index (χ4n) is 2.62. The highest BCUT2D eigenvalue weighted by Crippen LogP contribution is 2.36. The number of carbonyl (C=O) groups excluding carboxylic acids is 1. The third-order valence-electron chi connectivity index (χ3n) is 4.34. The summed E-state index contributed by atoms with van der Waals surface area (Å²) >= 11 is 1.43. The summed E-state index contributed by atoms with van der Waals surface area (Å²) in [5.74, 6) is 1.92. The molecule has 128 valence electrons. The van der Waals surface area contributed by atoms with E-state index in [9.17, 15) is 4.79 Å². The lowest BCUT2D eigenvalue weighted by molar-refractivity contribution is -0.121. The van der Waals surface area contributed by atoms with Crippen LogP contribution >= 0.6 is 23.7 Å². The molecule has 3 heterocycles. The Morgan fingerprint density at radius 2 is 2.17 bits per heavy atom. The number of fused-ring (bicyclic) bond motifs is 1. The van der Waals surface area contributed by atoms with Crippen LogP contribution < -0.4 is 20.1 Å². The van der Waals surface area contributed by atoms with Gasteiger partial charge in [-0.25, -0.2) is 4.98 Å². The molecule has 1 aromatic heterocycles. The van der Waals surface area contributed by atoms with Crippen LogP contribution in [0.5, 0.6) is 11.5 Å². The van der Waals surface area contributed by atoms with Gasteiger partial charge in [0.25, 0.3) is 0 Å². The first-order valence-electron chi connectivity index (χ1n) is 7.58. The van der Waals surface area contributed by atoms with Crippen LogP contribution in [0.25, 0.3) is 11.3 Å². The van der Waals surface area contributed by atoms with E-state index in [0.717, 1.165) is 35.8 Å². The van der Waals surface area contributed by atoms with Crippen molar-refractivity contribution in [1.82, 2.24) is 10.3 Å². The van der Waals surface area contributed by atoms with E-state index in [1.165, 1.54) is 11.3 Å². The topological polar surface area (TPSA) is 72.5 Å². The number of hydrogen-bond donors (Lipinski definition) is 2. The predicted octanol–water partition coefficient (Wildman–Crippen LogP) is 2.75. The molecular formula is C16H18ClN3O3S. The lowest BCUT2D eigenvalue weighted by atomic mass is 9.88. The molecule has 2 aliphatic heterocycles. The molecule has 0 aliphatic carbocycles. The SMILES string of the molecule is CC(C(=O)Nc1nc(-c2ccc3c(c2)OCO3)cs1)C1CNC1.Cl. The maximum atomic E-state index is 12.2. The molecule has 2 aromatic rings. The molecular weight excluding hydrogens is 350 g/mol. The van der Waals surface area contributed by atoms with Crippen molar-refractivity contribution in [2.24, 2.45) is 11.8 Å². The van der Waals surface area contributed by atoms with Crippen LogP contribution in [-0.2, 0) is 4.79 Å². The summed E-state index contributed by atoms with van der Waals surface area (Å²) in [6.45, 7) is 4.04. The molecule has 24 heavy (non-hydrogen) atoms. The molecule has 0 spiro atoms. The van der Waals surface area contributed by atoms with E-state index in [1.807, 2.05) is 30.5 Å². The van der Waals surface area contributed by atoms with Gasteiger partial charge in [-0.2, -0.15) is 0 Å². The van der Waals surface area contributed by atoms with E-state index < -0.39 is 0 Å². The van der Waals surface area contributed by atoms with Gasteiger partial charge in [-0.3, -0.25) is 4.79 Å². The Balaban J connectivity index is 0.00000169. The Bertz CT molecular complexity index is 748. The number of anilines is 1. The van der Waals surface area contributed by atoms with Crippen molar-refractivity contribution in [3.05, 3.63) is 23.6 Å². The van der Waals surface area contributed by atoms with E-state index in [0.29, 0.717) is 11.0 Å². The van der Waals surface area contributed by atoms with Crippen molar-refractivity contribution >= 4 is 34.8 Å². The fraction of sp³-hybridized carbons (Fsp3) is 0.375. The molecule has 1 amide bonds. The molecule has 0 radical (unpaired) electrons. The molecule has 1 saturated heterocycles. The maximum Gasteiger partial charge on any atom is 0.231 e. The largest absolute Gasteiger partial charge is 0.454 e. The van der Waals surface area contributed by atoms with E-state index in [2.05, 4.69) is 15.6 Å². The zero-order valence-corrected chi connectivity index (χ0v) is 14.7. The highest BCUT2D eigenvalue weighted by atomic mass is 35.5. The number of amides is 1. The molecule has 4 rings (SSSR count). The Labute approximate surface area is 150 Å². The second kappa shape index (κ2) is 6.96. The minimum absolute atomic E-state index is 0. The van der Waals surface area contributed by atoms with Crippen LogP contribution in [-0.4, -0.2) is 30.8 Å². The zero-order chi connectivity index (χ0) is 15.8. The quantitative estimate of drug-likeness (QED) is 0.869. The highest BCUT2D eigenvalue weighted by molar-refractivity contribution is 7.14. The summed E-state index contributed by atoms with van der Waals surface area (Å²) in [6.07, 6.45) is 0. The first kappa shape index (κ1) is 17.0. The lowest BCUT2D eigenvalue weighted by Gasteiger charge is -2.31. The molecule has 1 atom stereocenters. The zero-order valence-electron chi connectivity index (χ0n) is 13.1. The van der Waals surface area contributed by atoms with Crippen molar-refractivity contribution in [1.29, 1.82) is 0 Å². The number of hydrogen-bond acceptors (Lipinski definition) is 6. The van der Waals surface area contributed by atoms with Gasteiger partial charge < -0.3 is 20.1 Å². The summed E-state index contributed by atoms with van der Waals surface area (Å²) in [4.78, 5) is 16.7. The van der Waals surface area contributed by atoms with E-state index >= 15 is 0 Å². The number of aromatic nitrogens is 1. The monoisotopic (exact) mass is 367 g/mol. The minimum Gasteiger partial charge on any atom is -0.454 e. The average Bonchev–Trinajstić information content (AvgIpc) is 3.13. The van der Waals surface area contributed by atoms with E-state index in [1.54, 1.807) is 0 Å². The molecule has 6 nitrogen and oxygen atoms in total. The van der Waals surface area contributed by atoms with Gasteiger partial charge in [0.15, 0.2) is 16.6 Å². The number of benzene rings is 1. The van der Waals surface area contributed by atoms with Crippen molar-refractivity contribution < 1.29 is 14.3 Å².